The predicted octanol–water partition coefficient (Wildman–Crippen LogP) is 0.0504. The zero-order valence-electron chi connectivity index (χ0n) is 11.3. The molecule has 0 bridgehead atoms. The van der Waals surface area contributed by atoms with Crippen LogP contribution in [-0.4, -0.2) is 58.9 Å². The van der Waals surface area contributed by atoms with Crippen molar-refractivity contribution in [1.82, 2.24) is 19.7 Å². The third-order valence-electron chi connectivity index (χ3n) is 3.41. The number of hydrogen-bond acceptors (Lipinski definition) is 5. The summed E-state index contributed by atoms with van der Waals surface area (Å²) in [6, 6.07) is 0.275. The molecule has 1 atom stereocenters. The minimum absolute atomic E-state index is 0.0940. The Morgan fingerprint density at radius 3 is 3.16 bits per heavy atom. The number of nitrogens with two attached hydrogens (primary N) is 1. The van der Waals surface area contributed by atoms with Gasteiger partial charge < -0.3 is 15.4 Å². The molecule has 1 fully saturated rings. The number of nitrogens with zero attached hydrogens (tertiary/aromatic N) is 4. The highest BCUT2D eigenvalue weighted by Gasteiger charge is 2.22. The summed E-state index contributed by atoms with van der Waals surface area (Å²) in [5.41, 5.74) is 5.16. The molecule has 106 valence electrons. The Kier molecular flexibility index (Phi) is 4.86. The molecule has 1 aliphatic heterocycles. The van der Waals surface area contributed by atoms with Crippen LogP contribution >= 0.6 is 0 Å². The van der Waals surface area contributed by atoms with Crippen LogP contribution in [0.4, 0.5) is 0 Å². The topological polar surface area (TPSA) is 86.3 Å². The molecule has 7 heteroatoms. The largest absolute Gasteiger partial charge is 0.385 e. The Labute approximate surface area is 112 Å². The molecule has 0 aliphatic carbocycles. The zero-order chi connectivity index (χ0) is 13.7. The Morgan fingerprint density at radius 2 is 2.47 bits per heavy atom. The SMILES string of the molecule is COCCCN1CCCC(n2cnc(C(N)=O)n2)C1. The molecule has 19 heavy (non-hydrogen) atoms. The summed E-state index contributed by atoms with van der Waals surface area (Å²) in [6.45, 7) is 3.86. The summed E-state index contributed by atoms with van der Waals surface area (Å²) in [4.78, 5) is 17.3. The third kappa shape index (κ3) is 3.74. The van der Waals surface area contributed by atoms with E-state index in [1.54, 1.807) is 18.1 Å². The van der Waals surface area contributed by atoms with Crippen molar-refractivity contribution < 1.29 is 9.53 Å². The molecule has 1 amide bonds. The van der Waals surface area contributed by atoms with Gasteiger partial charge in [-0.1, -0.05) is 0 Å². The highest BCUT2D eigenvalue weighted by atomic mass is 16.5. The van der Waals surface area contributed by atoms with Crippen LogP contribution in [0.5, 0.6) is 0 Å². The van der Waals surface area contributed by atoms with E-state index in [0.717, 1.165) is 45.5 Å². The quantitative estimate of drug-likeness (QED) is 0.736. The summed E-state index contributed by atoms with van der Waals surface area (Å²) in [5.74, 6) is -0.483. The Hall–Kier alpha value is -1.47. The van der Waals surface area contributed by atoms with Gasteiger partial charge in [-0.2, -0.15) is 0 Å². The third-order valence-corrected chi connectivity index (χ3v) is 3.41. The normalized spacial score (nSPS) is 20.6. The van der Waals surface area contributed by atoms with Crippen molar-refractivity contribution >= 4 is 5.91 Å². The first kappa shape index (κ1) is 14.0. The lowest BCUT2D eigenvalue weighted by Crippen LogP contribution is -2.37. The number of primary amides is 1. The van der Waals surface area contributed by atoms with Gasteiger partial charge in [0.1, 0.15) is 6.33 Å². The number of methoxy groups -OCH3 is 1. The number of aromatic nitrogens is 3. The van der Waals surface area contributed by atoms with Crippen LogP contribution in [0.25, 0.3) is 0 Å². The number of likely N-dealkylation sites (tertiary alicyclic amines) is 1. The maximum Gasteiger partial charge on any atom is 0.288 e. The van der Waals surface area contributed by atoms with Gasteiger partial charge in [-0.05, 0) is 25.8 Å². The summed E-state index contributed by atoms with van der Waals surface area (Å²) in [5, 5.41) is 4.14. The van der Waals surface area contributed by atoms with E-state index >= 15 is 0 Å². The van der Waals surface area contributed by atoms with Gasteiger partial charge in [0.25, 0.3) is 5.91 Å². The fourth-order valence-electron chi connectivity index (χ4n) is 2.45. The van der Waals surface area contributed by atoms with E-state index in [1.807, 2.05) is 0 Å². The maximum absolute atomic E-state index is 11.0. The molecule has 0 radical (unpaired) electrons. The second kappa shape index (κ2) is 6.63. The van der Waals surface area contributed by atoms with Gasteiger partial charge in [0, 0.05) is 26.8 Å². The van der Waals surface area contributed by atoms with Crippen molar-refractivity contribution in [2.45, 2.75) is 25.3 Å². The molecule has 1 aliphatic rings. The fourth-order valence-corrected chi connectivity index (χ4v) is 2.45. The number of amides is 1. The minimum Gasteiger partial charge on any atom is -0.385 e. The lowest BCUT2D eigenvalue weighted by atomic mass is 10.1. The second-order valence-corrected chi connectivity index (χ2v) is 4.86. The number of carbonyl (C=O) groups is 1. The van der Waals surface area contributed by atoms with Gasteiger partial charge in [-0.3, -0.25) is 4.79 Å². The first-order valence-corrected chi connectivity index (χ1v) is 6.63. The Balaban J connectivity index is 1.90. The molecular weight excluding hydrogens is 246 g/mol. The fraction of sp³-hybridized carbons (Fsp3) is 0.750. The van der Waals surface area contributed by atoms with Gasteiger partial charge >= 0.3 is 0 Å². The average Bonchev–Trinajstić information content (AvgIpc) is 2.89. The predicted molar refractivity (Wildman–Crippen MR) is 69.7 cm³/mol. The van der Waals surface area contributed by atoms with E-state index < -0.39 is 5.91 Å². The lowest BCUT2D eigenvalue weighted by molar-refractivity contribution is 0.0988. The van der Waals surface area contributed by atoms with Gasteiger partial charge in [-0.25, -0.2) is 9.67 Å². The maximum atomic E-state index is 11.0. The van der Waals surface area contributed by atoms with Crippen LogP contribution in [0.2, 0.25) is 0 Å². The van der Waals surface area contributed by atoms with Crippen LogP contribution in [0, 0.1) is 0 Å². The summed E-state index contributed by atoms with van der Waals surface area (Å²) in [7, 11) is 1.72. The molecule has 2 N–H and O–H groups in total. The monoisotopic (exact) mass is 267 g/mol. The van der Waals surface area contributed by atoms with Crippen LogP contribution in [0.1, 0.15) is 35.9 Å². The first-order valence-electron chi connectivity index (χ1n) is 6.63. The van der Waals surface area contributed by atoms with Crippen LogP contribution in [0.15, 0.2) is 6.33 Å². The van der Waals surface area contributed by atoms with E-state index in [2.05, 4.69) is 15.0 Å². The summed E-state index contributed by atoms with van der Waals surface area (Å²) in [6.07, 6.45) is 4.82. The molecule has 0 saturated carbocycles. The number of rotatable bonds is 6. The second-order valence-electron chi connectivity index (χ2n) is 4.86. The van der Waals surface area contributed by atoms with E-state index in [9.17, 15) is 4.79 Å². The number of piperidine rings is 1. The molecule has 1 unspecified atom stereocenters. The standard InChI is InChI=1S/C12H21N5O2/c1-19-7-3-6-16-5-2-4-10(8-16)17-9-14-12(15-17)11(13)18/h9-10H,2-8H2,1H3,(H2,13,18). The van der Waals surface area contributed by atoms with Crippen molar-refractivity contribution in [2.75, 3.05) is 33.4 Å². The summed E-state index contributed by atoms with van der Waals surface area (Å²) >= 11 is 0. The van der Waals surface area contributed by atoms with Gasteiger partial charge in [0.15, 0.2) is 0 Å². The molecule has 2 rings (SSSR count). The minimum atomic E-state index is -0.577. The Morgan fingerprint density at radius 1 is 1.63 bits per heavy atom. The van der Waals surface area contributed by atoms with Crippen molar-refractivity contribution in [3.63, 3.8) is 0 Å². The molecule has 0 spiro atoms. The van der Waals surface area contributed by atoms with Crippen molar-refractivity contribution in [3.8, 4) is 0 Å². The number of hydrogen-bond donors (Lipinski definition) is 1. The van der Waals surface area contributed by atoms with Crippen LogP contribution in [-0.2, 0) is 4.74 Å². The smallest absolute Gasteiger partial charge is 0.288 e. The summed E-state index contributed by atoms with van der Waals surface area (Å²) < 4.78 is 6.83. The van der Waals surface area contributed by atoms with Gasteiger partial charge in [-0.15, -0.1) is 5.10 Å². The van der Waals surface area contributed by atoms with E-state index in [4.69, 9.17) is 10.5 Å². The molecule has 0 aromatic carbocycles. The molecule has 2 heterocycles. The van der Waals surface area contributed by atoms with E-state index in [1.165, 1.54) is 0 Å². The lowest BCUT2D eigenvalue weighted by Gasteiger charge is -2.32. The van der Waals surface area contributed by atoms with Crippen molar-refractivity contribution in [3.05, 3.63) is 12.2 Å². The molecule has 7 nitrogen and oxygen atoms in total. The first-order chi connectivity index (χ1) is 9.20. The molecular formula is C12H21N5O2. The number of ether oxygens (including phenoxy) is 1. The molecule has 1 aromatic rings. The van der Waals surface area contributed by atoms with Crippen molar-refractivity contribution in [2.24, 2.45) is 5.73 Å². The zero-order valence-corrected chi connectivity index (χ0v) is 11.3. The highest BCUT2D eigenvalue weighted by Crippen LogP contribution is 2.20. The van der Waals surface area contributed by atoms with Crippen molar-refractivity contribution in [1.29, 1.82) is 0 Å². The van der Waals surface area contributed by atoms with Crippen LogP contribution in [0.3, 0.4) is 0 Å². The number of carbonyl (C=O) groups excluding carboxylic acids is 1. The van der Waals surface area contributed by atoms with E-state index in [-0.39, 0.29) is 11.9 Å². The van der Waals surface area contributed by atoms with Crippen LogP contribution < -0.4 is 5.73 Å². The average molecular weight is 267 g/mol. The Bertz CT molecular complexity index is 420. The van der Waals surface area contributed by atoms with E-state index in [0.29, 0.717) is 0 Å². The van der Waals surface area contributed by atoms with Gasteiger partial charge in [0.2, 0.25) is 5.82 Å². The highest BCUT2D eigenvalue weighted by molar-refractivity contribution is 5.88. The van der Waals surface area contributed by atoms with Gasteiger partial charge in [0.05, 0.1) is 6.04 Å². The molecule has 1 saturated heterocycles. The molecule has 1 aromatic heterocycles.